The van der Waals surface area contributed by atoms with Gasteiger partial charge in [0.15, 0.2) is 0 Å². The largest absolute Gasteiger partial charge is 0.383 e. The molecule has 0 spiro atoms. The van der Waals surface area contributed by atoms with Crippen LogP contribution in [0.3, 0.4) is 0 Å². The first-order valence-electron chi connectivity index (χ1n) is 5.09. The molecule has 0 aliphatic carbocycles. The van der Waals surface area contributed by atoms with Crippen molar-refractivity contribution in [3.8, 4) is 0 Å². The molecular formula is C11H9F2N3O2S. The SMILES string of the molecule is Nc1ncccc1S(=O)(=O)Nc1c(F)cccc1F. The molecule has 2 rings (SSSR count). The van der Waals surface area contributed by atoms with Gasteiger partial charge in [0.2, 0.25) is 0 Å². The van der Waals surface area contributed by atoms with Crippen LogP contribution in [0.2, 0.25) is 0 Å². The van der Waals surface area contributed by atoms with Crippen molar-refractivity contribution >= 4 is 21.5 Å². The Morgan fingerprint density at radius 1 is 1.11 bits per heavy atom. The lowest BCUT2D eigenvalue weighted by molar-refractivity contribution is 0.583. The number of halogens is 2. The number of nitrogens with zero attached hydrogens (tertiary/aromatic N) is 1. The van der Waals surface area contributed by atoms with Crippen LogP contribution < -0.4 is 10.5 Å². The normalized spacial score (nSPS) is 11.3. The number of nitrogens with one attached hydrogen (secondary N) is 1. The number of aromatic nitrogens is 1. The van der Waals surface area contributed by atoms with Crippen molar-refractivity contribution in [1.29, 1.82) is 0 Å². The van der Waals surface area contributed by atoms with Crippen molar-refractivity contribution in [2.45, 2.75) is 4.90 Å². The highest BCUT2D eigenvalue weighted by molar-refractivity contribution is 7.92. The van der Waals surface area contributed by atoms with Crippen LogP contribution in [0.4, 0.5) is 20.3 Å². The standard InChI is InChI=1S/C11H9F2N3O2S/c12-7-3-1-4-8(13)10(7)16-19(17,18)9-5-2-6-15-11(9)14/h1-6,16H,(H2,14,15). The van der Waals surface area contributed by atoms with Crippen LogP contribution in [-0.4, -0.2) is 13.4 Å². The molecule has 0 saturated heterocycles. The second-order valence-electron chi connectivity index (χ2n) is 3.59. The topological polar surface area (TPSA) is 85.1 Å². The lowest BCUT2D eigenvalue weighted by Crippen LogP contribution is -2.17. The molecule has 19 heavy (non-hydrogen) atoms. The van der Waals surface area contributed by atoms with Gasteiger partial charge in [-0.1, -0.05) is 6.07 Å². The van der Waals surface area contributed by atoms with Crippen molar-refractivity contribution in [2.24, 2.45) is 0 Å². The Kier molecular flexibility index (Phi) is 3.34. The van der Waals surface area contributed by atoms with E-state index in [0.29, 0.717) is 0 Å². The summed E-state index contributed by atoms with van der Waals surface area (Å²) in [6.07, 6.45) is 1.30. The quantitative estimate of drug-likeness (QED) is 0.899. The zero-order valence-corrected chi connectivity index (χ0v) is 10.3. The van der Waals surface area contributed by atoms with Gasteiger partial charge in [-0.25, -0.2) is 22.2 Å². The third-order valence-electron chi connectivity index (χ3n) is 2.29. The number of hydrogen-bond donors (Lipinski definition) is 2. The summed E-state index contributed by atoms with van der Waals surface area (Å²) in [6.45, 7) is 0. The van der Waals surface area contributed by atoms with Gasteiger partial charge >= 0.3 is 0 Å². The molecule has 1 aromatic carbocycles. The summed E-state index contributed by atoms with van der Waals surface area (Å²) in [5.41, 5.74) is 4.66. The molecule has 0 unspecified atom stereocenters. The minimum Gasteiger partial charge on any atom is -0.383 e. The van der Waals surface area contributed by atoms with Gasteiger partial charge in [0, 0.05) is 6.20 Å². The number of para-hydroxylation sites is 1. The summed E-state index contributed by atoms with van der Waals surface area (Å²) in [4.78, 5) is 3.25. The fraction of sp³-hybridized carbons (Fsp3) is 0. The molecule has 0 saturated carbocycles. The van der Waals surface area contributed by atoms with Crippen LogP contribution in [0.5, 0.6) is 0 Å². The van der Waals surface area contributed by atoms with E-state index >= 15 is 0 Å². The van der Waals surface area contributed by atoms with Gasteiger partial charge < -0.3 is 5.73 Å². The number of pyridine rings is 1. The minimum absolute atomic E-state index is 0.258. The maximum absolute atomic E-state index is 13.4. The van der Waals surface area contributed by atoms with Gasteiger partial charge in [-0.3, -0.25) is 4.72 Å². The summed E-state index contributed by atoms with van der Waals surface area (Å²) in [6, 6.07) is 5.54. The fourth-order valence-corrected chi connectivity index (χ4v) is 2.57. The van der Waals surface area contributed by atoms with E-state index in [1.54, 1.807) is 0 Å². The van der Waals surface area contributed by atoms with E-state index in [0.717, 1.165) is 18.2 Å². The van der Waals surface area contributed by atoms with E-state index in [4.69, 9.17) is 5.73 Å². The molecule has 0 fully saturated rings. The molecule has 8 heteroatoms. The first-order valence-corrected chi connectivity index (χ1v) is 6.57. The number of benzene rings is 1. The summed E-state index contributed by atoms with van der Waals surface area (Å²) < 4.78 is 52.5. The third-order valence-corrected chi connectivity index (χ3v) is 3.69. The van der Waals surface area contributed by atoms with Crippen LogP contribution in [0.25, 0.3) is 0 Å². The van der Waals surface area contributed by atoms with Gasteiger partial charge in [-0.2, -0.15) is 0 Å². The first kappa shape index (κ1) is 13.2. The predicted octanol–water partition coefficient (Wildman–Crippen LogP) is 1.74. The lowest BCUT2D eigenvalue weighted by Gasteiger charge is -2.10. The Morgan fingerprint density at radius 3 is 2.32 bits per heavy atom. The van der Waals surface area contributed by atoms with Gasteiger partial charge in [0.05, 0.1) is 0 Å². The van der Waals surface area contributed by atoms with Crippen molar-refractivity contribution in [2.75, 3.05) is 10.5 Å². The van der Waals surface area contributed by atoms with E-state index in [2.05, 4.69) is 4.98 Å². The monoisotopic (exact) mass is 285 g/mol. The second kappa shape index (κ2) is 4.81. The lowest BCUT2D eigenvalue weighted by atomic mass is 10.3. The zero-order chi connectivity index (χ0) is 14.0. The van der Waals surface area contributed by atoms with Gasteiger partial charge in [-0.15, -0.1) is 0 Å². The highest BCUT2D eigenvalue weighted by atomic mass is 32.2. The number of sulfonamides is 1. The van der Waals surface area contributed by atoms with Crippen molar-refractivity contribution in [3.05, 3.63) is 48.2 Å². The van der Waals surface area contributed by atoms with Gasteiger partial charge in [0.25, 0.3) is 10.0 Å². The van der Waals surface area contributed by atoms with Crippen molar-refractivity contribution in [1.82, 2.24) is 4.98 Å². The van der Waals surface area contributed by atoms with Gasteiger partial charge in [0.1, 0.15) is 28.0 Å². The molecule has 0 radical (unpaired) electrons. The van der Waals surface area contributed by atoms with Crippen LogP contribution in [0.15, 0.2) is 41.4 Å². The predicted molar refractivity (Wildman–Crippen MR) is 65.8 cm³/mol. The molecule has 0 bridgehead atoms. The molecular weight excluding hydrogens is 276 g/mol. The highest BCUT2D eigenvalue weighted by Gasteiger charge is 2.21. The fourth-order valence-electron chi connectivity index (χ4n) is 1.41. The summed E-state index contributed by atoms with van der Waals surface area (Å²) in [5, 5.41) is 0. The first-order chi connectivity index (χ1) is 8.92. The van der Waals surface area contributed by atoms with E-state index in [9.17, 15) is 17.2 Å². The van der Waals surface area contributed by atoms with E-state index < -0.39 is 27.3 Å². The van der Waals surface area contributed by atoms with Crippen molar-refractivity contribution in [3.63, 3.8) is 0 Å². The molecule has 0 aliphatic rings. The maximum Gasteiger partial charge on any atom is 0.265 e. The summed E-state index contributed by atoms with van der Waals surface area (Å²) >= 11 is 0. The molecule has 1 aromatic heterocycles. The molecule has 0 atom stereocenters. The Hall–Kier alpha value is -2.22. The van der Waals surface area contributed by atoms with Crippen LogP contribution >= 0.6 is 0 Å². The molecule has 2 aromatic rings. The summed E-state index contributed by atoms with van der Waals surface area (Å²) in [5.74, 6) is -2.30. The number of hydrogen-bond acceptors (Lipinski definition) is 4. The molecule has 100 valence electrons. The third kappa shape index (κ3) is 2.63. The number of rotatable bonds is 3. The number of anilines is 2. The van der Waals surface area contributed by atoms with Gasteiger partial charge in [-0.05, 0) is 24.3 Å². The molecule has 5 nitrogen and oxygen atoms in total. The average Bonchev–Trinajstić information content (AvgIpc) is 2.34. The van der Waals surface area contributed by atoms with Crippen molar-refractivity contribution < 1.29 is 17.2 Å². The summed E-state index contributed by atoms with van der Waals surface area (Å²) in [7, 11) is -4.21. The molecule has 0 aliphatic heterocycles. The second-order valence-corrected chi connectivity index (χ2v) is 5.24. The Labute approximate surface area is 108 Å². The smallest absolute Gasteiger partial charge is 0.265 e. The Morgan fingerprint density at radius 2 is 1.74 bits per heavy atom. The van der Waals surface area contributed by atoms with E-state index in [1.165, 1.54) is 18.3 Å². The zero-order valence-electron chi connectivity index (χ0n) is 9.47. The van der Waals surface area contributed by atoms with Crippen LogP contribution in [0.1, 0.15) is 0 Å². The van der Waals surface area contributed by atoms with Crippen LogP contribution in [0, 0.1) is 11.6 Å². The minimum atomic E-state index is -4.21. The Balaban J connectivity index is 2.46. The average molecular weight is 285 g/mol. The van der Waals surface area contributed by atoms with Crippen LogP contribution in [-0.2, 0) is 10.0 Å². The maximum atomic E-state index is 13.4. The number of nitrogens with two attached hydrogens (primary N) is 1. The Bertz CT molecular complexity index is 699. The van der Waals surface area contributed by atoms with E-state index in [-0.39, 0.29) is 10.7 Å². The molecule has 0 amide bonds. The number of nitrogen functional groups attached to an aromatic ring is 1. The molecule has 3 N–H and O–H groups in total. The van der Waals surface area contributed by atoms with E-state index in [1.807, 2.05) is 4.72 Å². The molecule has 1 heterocycles. The highest BCUT2D eigenvalue weighted by Crippen LogP contribution is 2.23.